The van der Waals surface area contributed by atoms with Gasteiger partial charge in [0, 0.05) is 45.2 Å². The lowest BCUT2D eigenvalue weighted by Crippen LogP contribution is -2.57. The van der Waals surface area contributed by atoms with E-state index in [4.69, 9.17) is 9.47 Å². The number of halogens is 3. The van der Waals surface area contributed by atoms with E-state index < -0.39 is 44.0 Å². The fourth-order valence-corrected chi connectivity index (χ4v) is 5.25. The summed E-state index contributed by atoms with van der Waals surface area (Å²) in [5, 5.41) is 0. The van der Waals surface area contributed by atoms with Crippen molar-refractivity contribution in [2.24, 2.45) is 11.8 Å². The van der Waals surface area contributed by atoms with Crippen molar-refractivity contribution in [3.8, 4) is 0 Å². The van der Waals surface area contributed by atoms with Crippen molar-refractivity contribution in [2.75, 3.05) is 24.5 Å². The van der Waals surface area contributed by atoms with Crippen molar-refractivity contribution >= 4 is 27.4 Å². The van der Waals surface area contributed by atoms with Gasteiger partial charge in [0.25, 0.3) is 9.84 Å². The molecule has 0 aliphatic carbocycles. The Labute approximate surface area is 203 Å². The fraction of sp³-hybridized carbons (Fsp3) is 0.652. The number of carbonyl (C=O) groups excluding carboxylic acids is 2. The number of hydrogen-bond donors (Lipinski definition) is 0. The number of alkyl halides is 3. The average molecular weight is 521 g/mol. The molecule has 8 nitrogen and oxygen atoms in total. The van der Waals surface area contributed by atoms with Crippen LogP contribution in [0.2, 0.25) is 0 Å². The van der Waals surface area contributed by atoms with Gasteiger partial charge in [-0.25, -0.2) is 13.2 Å². The molecular formula is C23H31F3N2O6S. The largest absolute Gasteiger partial charge is 0.501 e. The first-order valence-corrected chi connectivity index (χ1v) is 12.9. The summed E-state index contributed by atoms with van der Waals surface area (Å²) in [6.07, 6.45) is -0.551. The molecule has 2 heterocycles. The zero-order valence-electron chi connectivity index (χ0n) is 20.3. The molecule has 196 valence electrons. The third-order valence-corrected chi connectivity index (χ3v) is 7.63. The van der Waals surface area contributed by atoms with E-state index in [1.54, 1.807) is 18.7 Å². The number of piperazine rings is 1. The smallest absolute Gasteiger partial charge is 0.432 e. The minimum Gasteiger partial charge on any atom is -0.432 e. The molecule has 12 heteroatoms. The van der Waals surface area contributed by atoms with Gasteiger partial charge in [0.15, 0.2) is 6.10 Å². The summed E-state index contributed by atoms with van der Waals surface area (Å²) in [6.45, 7) is 10.1. The summed E-state index contributed by atoms with van der Waals surface area (Å²) in [5.74, 6) is -2.45. The van der Waals surface area contributed by atoms with Gasteiger partial charge < -0.3 is 19.3 Å². The number of rotatable bonds is 6. The van der Waals surface area contributed by atoms with Gasteiger partial charge in [0.05, 0.1) is 10.8 Å². The van der Waals surface area contributed by atoms with Gasteiger partial charge in [0.1, 0.15) is 0 Å². The minimum atomic E-state index is -5.42. The molecule has 0 bridgehead atoms. The Morgan fingerprint density at radius 2 is 1.77 bits per heavy atom. The number of nitrogens with zero attached hydrogens (tertiary/aromatic N) is 2. The number of cyclic esters (lactones) is 1. The first kappa shape index (κ1) is 27.3. The van der Waals surface area contributed by atoms with Gasteiger partial charge in [-0.3, -0.25) is 4.79 Å². The second-order valence-corrected chi connectivity index (χ2v) is 11.8. The molecule has 35 heavy (non-hydrogen) atoms. The number of amides is 1. The summed E-state index contributed by atoms with van der Waals surface area (Å²) < 4.78 is 72.6. The first-order valence-electron chi connectivity index (χ1n) is 11.4. The molecule has 1 amide bonds. The van der Waals surface area contributed by atoms with Gasteiger partial charge in [-0.05, 0) is 43.5 Å². The van der Waals surface area contributed by atoms with Crippen LogP contribution in [0.1, 0.15) is 41.0 Å². The molecular weight excluding hydrogens is 489 g/mol. The lowest BCUT2D eigenvalue weighted by Gasteiger charge is -2.42. The van der Waals surface area contributed by atoms with E-state index in [0.717, 1.165) is 12.1 Å². The molecule has 3 rings (SSSR count). The highest BCUT2D eigenvalue weighted by atomic mass is 32.2. The molecule has 0 radical (unpaired) electrons. The second-order valence-electron chi connectivity index (χ2n) is 9.87. The predicted molar refractivity (Wildman–Crippen MR) is 121 cm³/mol. The molecule has 2 saturated heterocycles. The summed E-state index contributed by atoms with van der Waals surface area (Å²) in [6, 6.07) is 4.26. The number of esters is 1. The Bertz CT molecular complexity index is 1060. The zero-order chi connectivity index (χ0) is 26.3. The van der Waals surface area contributed by atoms with E-state index in [9.17, 15) is 31.2 Å². The normalized spacial score (nSPS) is 24.0. The number of ether oxygens (including phenoxy) is 2. The van der Waals surface area contributed by atoms with Crippen LogP contribution in [0.4, 0.5) is 18.9 Å². The van der Waals surface area contributed by atoms with Crippen LogP contribution in [0.5, 0.6) is 0 Å². The summed E-state index contributed by atoms with van der Waals surface area (Å²) in [4.78, 5) is 28.7. The fourth-order valence-electron chi connectivity index (χ4n) is 4.49. The minimum absolute atomic E-state index is 0.132. The highest BCUT2D eigenvalue weighted by Gasteiger charge is 2.49. The second kappa shape index (κ2) is 9.61. The highest BCUT2D eigenvalue weighted by molar-refractivity contribution is 7.92. The van der Waals surface area contributed by atoms with Gasteiger partial charge in [-0.1, -0.05) is 13.8 Å². The molecule has 0 saturated carbocycles. The van der Waals surface area contributed by atoms with Crippen LogP contribution in [0.3, 0.4) is 0 Å². The van der Waals surface area contributed by atoms with Crippen molar-refractivity contribution in [2.45, 2.75) is 69.4 Å². The SMILES string of the molecule is CC(C)C[C@H](C(=O)N1CCN(c2ccc(S(=O)(=O)C(F)(F)F)cc2)C[C@H]1C)[C@@H]1OC(C)(C)OC1=O. The maximum atomic E-state index is 13.5. The third-order valence-electron chi connectivity index (χ3n) is 6.12. The van der Waals surface area contributed by atoms with Crippen LogP contribution in [0, 0.1) is 11.8 Å². The monoisotopic (exact) mass is 520 g/mol. The van der Waals surface area contributed by atoms with Gasteiger partial charge in [-0.2, -0.15) is 13.2 Å². The number of carbonyl (C=O) groups is 2. The van der Waals surface area contributed by atoms with Crippen LogP contribution < -0.4 is 4.90 Å². The van der Waals surface area contributed by atoms with E-state index in [1.807, 2.05) is 25.7 Å². The van der Waals surface area contributed by atoms with Gasteiger partial charge in [-0.15, -0.1) is 0 Å². The molecule has 0 unspecified atom stereocenters. The summed E-state index contributed by atoms with van der Waals surface area (Å²) in [7, 11) is -5.42. The number of benzene rings is 1. The van der Waals surface area contributed by atoms with Crippen molar-refractivity contribution < 1.29 is 40.7 Å². The Morgan fingerprint density at radius 3 is 2.23 bits per heavy atom. The topological polar surface area (TPSA) is 93.2 Å². The van der Waals surface area contributed by atoms with Gasteiger partial charge in [0.2, 0.25) is 11.7 Å². The number of anilines is 1. The standard InChI is InChI=1S/C23H31F3N2O6S/c1-14(2)12-18(19-21(30)34-22(4,5)33-19)20(29)28-11-10-27(13-15(28)3)16-6-8-17(9-7-16)35(31,32)23(24,25)26/h6-9,14-15,18-19H,10-13H2,1-5H3/t15-,18+,19+/m1/s1. The third kappa shape index (κ3) is 5.74. The lowest BCUT2D eigenvalue weighted by molar-refractivity contribution is -0.163. The Hall–Kier alpha value is -2.34. The van der Waals surface area contributed by atoms with Crippen LogP contribution in [-0.4, -0.2) is 68.3 Å². The summed E-state index contributed by atoms with van der Waals surface area (Å²) >= 11 is 0. The van der Waals surface area contributed by atoms with Crippen molar-refractivity contribution in [3.05, 3.63) is 24.3 Å². The maximum absolute atomic E-state index is 13.5. The van der Waals surface area contributed by atoms with E-state index in [1.165, 1.54) is 12.1 Å². The molecule has 0 N–H and O–H groups in total. The van der Waals surface area contributed by atoms with E-state index in [0.29, 0.717) is 31.7 Å². The van der Waals surface area contributed by atoms with E-state index in [-0.39, 0.29) is 17.9 Å². The Kier molecular flexibility index (Phi) is 7.48. The molecule has 0 aromatic heterocycles. The zero-order valence-corrected chi connectivity index (χ0v) is 21.1. The highest BCUT2D eigenvalue weighted by Crippen LogP contribution is 2.34. The van der Waals surface area contributed by atoms with Crippen LogP contribution in [-0.2, 0) is 28.9 Å². The van der Waals surface area contributed by atoms with Crippen molar-refractivity contribution in [3.63, 3.8) is 0 Å². The molecule has 2 aliphatic heterocycles. The molecule has 1 aromatic carbocycles. The number of hydrogen-bond acceptors (Lipinski definition) is 7. The van der Waals surface area contributed by atoms with Gasteiger partial charge >= 0.3 is 11.5 Å². The Balaban J connectivity index is 1.73. The lowest BCUT2D eigenvalue weighted by atomic mass is 9.90. The van der Waals surface area contributed by atoms with Crippen molar-refractivity contribution in [1.82, 2.24) is 4.90 Å². The molecule has 2 aliphatic rings. The quantitative estimate of drug-likeness (QED) is 0.531. The van der Waals surface area contributed by atoms with Crippen LogP contribution >= 0.6 is 0 Å². The average Bonchev–Trinajstić information content (AvgIpc) is 3.02. The molecule has 3 atom stereocenters. The first-order chi connectivity index (χ1) is 16.0. The molecule has 2 fully saturated rings. The number of sulfone groups is 1. The Morgan fingerprint density at radius 1 is 1.17 bits per heavy atom. The van der Waals surface area contributed by atoms with E-state index >= 15 is 0 Å². The van der Waals surface area contributed by atoms with Crippen molar-refractivity contribution in [1.29, 1.82) is 0 Å². The van der Waals surface area contributed by atoms with Crippen LogP contribution in [0.25, 0.3) is 0 Å². The summed E-state index contributed by atoms with van der Waals surface area (Å²) in [5.41, 5.74) is -4.82. The molecule has 1 aromatic rings. The van der Waals surface area contributed by atoms with Crippen LogP contribution in [0.15, 0.2) is 29.2 Å². The maximum Gasteiger partial charge on any atom is 0.501 e. The predicted octanol–water partition coefficient (Wildman–Crippen LogP) is 3.36. The van der Waals surface area contributed by atoms with E-state index in [2.05, 4.69) is 0 Å². The molecule has 0 spiro atoms.